The molecule has 0 saturated heterocycles. The van der Waals surface area contributed by atoms with Crippen LogP contribution in [0, 0.1) is 11.3 Å². The van der Waals surface area contributed by atoms with Crippen LogP contribution in [-0.2, 0) is 6.42 Å². The van der Waals surface area contributed by atoms with E-state index in [0.29, 0.717) is 17.4 Å². The van der Waals surface area contributed by atoms with Gasteiger partial charge in [-0.3, -0.25) is 0 Å². The minimum absolute atomic E-state index is 0.356. The molecule has 1 saturated carbocycles. The number of thiazole rings is 1. The molecule has 2 aliphatic carbocycles. The van der Waals surface area contributed by atoms with E-state index in [-0.39, 0.29) is 0 Å². The van der Waals surface area contributed by atoms with E-state index < -0.39 is 0 Å². The lowest BCUT2D eigenvalue weighted by Gasteiger charge is -2.34. The molecule has 1 heterocycles. The van der Waals surface area contributed by atoms with Crippen molar-refractivity contribution in [1.82, 2.24) is 10.3 Å². The smallest absolute Gasteiger partial charge is 0.186 e. The number of rotatable bonds is 5. The third-order valence-corrected chi connectivity index (χ3v) is 5.83. The summed E-state index contributed by atoms with van der Waals surface area (Å²) in [4.78, 5) is 9.13. The lowest BCUT2D eigenvalue weighted by Crippen LogP contribution is -2.31. The monoisotopic (exact) mass is 307 g/mol. The van der Waals surface area contributed by atoms with Gasteiger partial charge < -0.3 is 10.2 Å². The van der Waals surface area contributed by atoms with E-state index in [9.17, 15) is 0 Å². The molecule has 0 aromatic carbocycles. The highest BCUT2D eigenvalue weighted by molar-refractivity contribution is 7.15. The van der Waals surface area contributed by atoms with Gasteiger partial charge in [0.2, 0.25) is 0 Å². The number of hydrogen-bond donors (Lipinski definition) is 1. The first-order chi connectivity index (χ1) is 9.89. The van der Waals surface area contributed by atoms with Crippen molar-refractivity contribution in [3.05, 3.63) is 10.6 Å². The summed E-state index contributed by atoms with van der Waals surface area (Å²) in [6.45, 7) is 10.5. The van der Waals surface area contributed by atoms with E-state index in [0.717, 1.165) is 19.0 Å². The standard InChI is InChI=1S/C17H29N3S/c1-11(2)10-20(12-6-7-12)16-19-14-9-17(3,4)8-13(18-5)15(14)21-16/h11-13,18H,6-10H2,1-5H3. The Morgan fingerprint density at radius 1 is 1.38 bits per heavy atom. The zero-order valence-electron chi connectivity index (χ0n) is 14.1. The first-order valence-corrected chi connectivity index (χ1v) is 9.15. The van der Waals surface area contributed by atoms with E-state index in [1.165, 1.54) is 35.0 Å². The molecule has 1 fully saturated rings. The molecule has 0 spiro atoms. The highest BCUT2D eigenvalue weighted by Crippen LogP contribution is 2.46. The lowest BCUT2D eigenvalue weighted by atomic mass is 9.76. The molecule has 0 aliphatic heterocycles. The fourth-order valence-electron chi connectivity index (χ4n) is 3.44. The number of nitrogens with zero attached hydrogens (tertiary/aromatic N) is 2. The van der Waals surface area contributed by atoms with E-state index >= 15 is 0 Å². The van der Waals surface area contributed by atoms with Gasteiger partial charge in [0.15, 0.2) is 5.13 Å². The fraction of sp³-hybridized carbons (Fsp3) is 0.824. The van der Waals surface area contributed by atoms with Crippen LogP contribution < -0.4 is 10.2 Å². The van der Waals surface area contributed by atoms with E-state index in [2.05, 4.69) is 45.0 Å². The van der Waals surface area contributed by atoms with Crippen LogP contribution in [0.15, 0.2) is 0 Å². The summed E-state index contributed by atoms with van der Waals surface area (Å²) in [6.07, 6.45) is 5.03. The third-order valence-electron chi connectivity index (χ3n) is 4.58. The Morgan fingerprint density at radius 3 is 2.67 bits per heavy atom. The van der Waals surface area contributed by atoms with Crippen LogP contribution in [0.2, 0.25) is 0 Å². The summed E-state index contributed by atoms with van der Waals surface area (Å²) in [5, 5.41) is 4.78. The molecule has 1 atom stereocenters. The molecule has 1 aromatic rings. The first kappa shape index (κ1) is 15.3. The maximum atomic E-state index is 5.06. The highest BCUT2D eigenvalue weighted by atomic mass is 32.1. The number of fused-ring (bicyclic) bond motifs is 1. The van der Waals surface area contributed by atoms with E-state index in [1.54, 1.807) is 0 Å². The molecule has 0 amide bonds. The number of aromatic nitrogens is 1. The molecule has 21 heavy (non-hydrogen) atoms. The quantitative estimate of drug-likeness (QED) is 0.891. The average Bonchev–Trinajstić information content (AvgIpc) is 3.14. The van der Waals surface area contributed by atoms with Crippen molar-refractivity contribution in [2.24, 2.45) is 11.3 Å². The topological polar surface area (TPSA) is 28.2 Å². The Labute approximate surface area is 133 Å². The van der Waals surface area contributed by atoms with Crippen LogP contribution in [-0.4, -0.2) is 24.6 Å². The maximum absolute atomic E-state index is 5.06. The molecule has 0 bridgehead atoms. The normalized spacial score (nSPS) is 24.2. The average molecular weight is 308 g/mol. The van der Waals surface area contributed by atoms with Gasteiger partial charge in [-0.25, -0.2) is 4.98 Å². The van der Waals surface area contributed by atoms with Crippen molar-refractivity contribution in [2.45, 2.75) is 65.5 Å². The first-order valence-electron chi connectivity index (χ1n) is 8.33. The summed E-state index contributed by atoms with van der Waals surface area (Å²) in [5.41, 5.74) is 1.70. The summed E-state index contributed by atoms with van der Waals surface area (Å²) >= 11 is 1.94. The van der Waals surface area contributed by atoms with Gasteiger partial charge in [-0.2, -0.15) is 0 Å². The number of anilines is 1. The highest BCUT2D eigenvalue weighted by Gasteiger charge is 2.37. The molecule has 1 N–H and O–H groups in total. The van der Waals surface area contributed by atoms with Crippen LogP contribution in [0.25, 0.3) is 0 Å². The van der Waals surface area contributed by atoms with Crippen molar-refractivity contribution in [3.8, 4) is 0 Å². The maximum Gasteiger partial charge on any atom is 0.186 e. The Kier molecular flexibility index (Phi) is 4.04. The molecule has 1 unspecified atom stereocenters. The van der Waals surface area contributed by atoms with Gasteiger partial charge in [-0.15, -0.1) is 0 Å². The predicted octanol–water partition coefficient (Wildman–Crippen LogP) is 4.00. The Balaban J connectivity index is 1.90. The van der Waals surface area contributed by atoms with E-state index in [4.69, 9.17) is 4.98 Å². The van der Waals surface area contributed by atoms with Crippen LogP contribution in [0.4, 0.5) is 5.13 Å². The van der Waals surface area contributed by atoms with Crippen molar-refractivity contribution in [3.63, 3.8) is 0 Å². The van der Waals surface area contributed by atoms with Gasteiger partial charge in [0, 0.05) is 23.5 Å². The van der Waals surface area contributed by atoms with Gasteiger partial charge in [0.05, 0.1) is 5.69 Å². The fourth-order valence-corrected chi connectivity index (χ4v) is 4.71. The molecule has 3 rings (SSSR count). The zero-order valence-corrected chi connectivity index (χ0v) is 14.9. The summed E-state index contributed by atoms with van der Waals surface area (Å²) in [6, 6.07) is 1.23. The molecule has 0 radical (unpaired) electrons. The van der Waals surface area contributed by atoms with Crippen molar-refractivity contribution in [1.29, 1.82) is 0 Å². The minimum Gasteiger partial charge on any atom is -0.345 e. The van der Waals surface area contributed by atoms with Gasteiger partial charge in [0.25, 0.3) is 0 Å². The Hall–Kier alpha value is -0.610. The van der Waals surface area contributed by atoms with E-state index in [1.807, 2.05) is 11.3 Å². The second-order valence-corrected chi connectivity index (χ2v) is 8.98. The molecule has 1 aromatic heterocycles. The summed E-state index contributed by atoms with van der Waals surface area (Å²) in [5.74, 6) is 0.697. The van der Waals surface area contributed by atoms with Crippen LogP contribution >= 0.6 is 11.3 Å². The Morgan fingerprint density at radius 2 is 2.10 bits per heavy atom. The van der Waals surface area contributed by atoms with Gasteiger partial charge in [-0.1, -0.05) is 39.0 Å². The SMILES string of the molecule is CNC1CC(C)(C)Cc2nc(N(CC(C)C)C3CC3)sc21. The third kappa shape index (κ3) is 3.26. The molecule has 4 heteroatoms. The lowest BCUT2D eigenvalue weighted by molar-refractivity contribution is 0.265. The van der Waals surface area contributed by atoms with Gasteiger partial charge in [0.1, 0.15) is 0 Å². The second-order valence-electron chi connectivity index (χ2n) is 7.97. The predicted molar refractivity (Wildman–Crippen MR) is 91.2 cm³/mol. The largest absolute Gasteiger partial charge is 0.345 e. The Bertz CT molecular complexity index is 502. The molecule has 118 valence electrons. The second kappa shape index (κ2) is 5.54. The summed E-state index contributed by atoms with van der Waals surface area (Å²) < 4.78 is 0. The molecule has 2 aliphatic rings. The molecular weight excluding hydrogens is 278 g/mol. The minimum atomic E-state index is 0.356. The van der Waals surface area contributed by atoms with Crippen LogP contribution in [0.3, 0.4) is 0 Å². The summed E-state index contributed by atoms with van der Waals surface area (Å²) in [7, 11) is 2.09. The van der Waals surface area contributed by atoms with Gasteiger partial charge >= 0.3 is 0 Å². The van der Waals surface area contributed by atoms with Crippen molar-refractivity contribution in [2.75, 3.05) is 18.5 Å². The van der Waals surface area contributed by atoms with Gasteiger partial charge in [-0.05, 0) is 44.1 Å². The van der Waals surface area contributed by atoms with Crippen molar-refractivity contribution < 1.29 is 0 Å². The number of hydrogen-bond acceptors (Lipinski definition) is 4. The number of nitrogens with one attached hydrogen (secondary N) is 1. The van der Waals surface area contributed by atoms with Crippen LogP contribution in [0.5, 0.6) is 0 Å². The zero-order chi connectivity index (χ0) is 15.2. The molecular formula is C17H29N3S. The molecule has 3 nitrogen and oxygen atoms in total. The van der Waals surface area contributed by atoms with Crippen LogP contribution in [0.1, 0.15) is 63.6 Å². The van der Waals surface area contributed by atoms with Crippen molar-refractivity contribution >= 4 is 16.5 Å².